The topological polar surface area (TPSA) is 26.3 Å². The van der Waals surface area contributed by atoms with Gasteiger partial charge < -0.3 is 4.74 Å². The second-order valence-corrected chi connectivity index (χ2v) is 6.88. The number of halogens is 3. The minimum absolute atomic E-state index is 0.0590. The average molecular weight is 390 g/mol. The van der Waals surface area contributed by atoms with Gasteiger partial charge in [-0.1, -0.05) is 42.5 Å². The van der Waals surface area contributed by atoms with Crippen molar-refractivity contribution in [1.82, 2.24) is 0 Å². The van der Waals surface area contributed by atoms with Gasteiger partial charge in [0.25, 0.3) is 0 Å². The molecule has 0 heterocycles. The zero-order chi connectivity index (χ0) is 20.2. The van der Waals surface area contributed by atoms with E-state index < -0.39 is 17.7 Å². The summed E-state index contributed by atoms with van der Waals surface area (Å²) in [7, 11) is 0. The van der Waals surface area contributed by atoms with Gasteiger partial charge >= 0.3 is 12.1 Å². The van der Waals surface area contributed by atoms with E-state index in [1.54, 1.807) is 6.07 Å². The van der Waals surface area contributed by atoms with Crippen LogP contribution in [-0.4, -0.2) is 5.97 Å². The summed E-state index contributed by atoms with van der Waals surface area (Å²) in [4.78, 5) is 12.5. The van der Waals surface area contributed by atoms with Crippen LogP contribution in [0.5, 0.6) is 5.75 Å². The number of esters is 1. The van der Waals surface area contributed by atoms with Gasteiger partial charge in [0, 0.05) is 10.8 Å². The maximum absolute atomic E-state index is 12.7. The molecule has 0 unspecified atom stereocenters. The molecule has 5 heteroatoms. The third-order valence-electron chi connectivity index (χ3n) is 5.14. The van der Waals surface area contributed by atoms with Crippen LogP contribution in [0.3, 0.4) is 0 Å². The first kappa shape index (κ1) is 17.5. The van der Waals surface area contributed by atoms with E-state index in [4.69, 9.17) is 4.74 Å². The van der Waals surface area contributed by atoms with Crippen molar-refractivity contribution in [2.45, 2.75) is 6.18 Å². The summed E-state index contributed by atoms with van der Waals surface area (Å²) in [5, 5.41) is 6.08. The van der Waals surface area contributed by atoms with E-state index in [1.807, 2.05) is 42.5 Å². The minimum Gasteiger partial charge on any atom is -0.422 e. The van der Waals surface area contributed by atoms with Crippen molar-refractivity contribution >= 4 is 38.3 Å². The highest BCUT2D eigenvalue weighted by atomic mass is 19.4. The SMILES string of the molecule is O=C(Oc1ccc2ccc3cccc4ccc1c2c34)c1ccc(C(F)(F)F)cc1. The van der Waals surface area contributed by atoms with Gasteiger partial charge in [-0.15, -0.1) is 0 Å². The van der Waals surface area contributed by atoms with Crippen molar-refractivity contribution in [1.29, 1.82) is 0 Å². The van der Waals surface area contributed by atoms with Crippen LogP contribution in [-0.2, 0) is 6.18 Å². The Bertz CT molecular complexity index is 1350. The molecule has 5 aromatic carbocycles. The van der Waals surface area contributed by atoms with E-state index in [0.717, 1.165) is 56.6 Å². The normalized spacial score (nSPS) is 12.1. The molecule has 0 aliphatic heterocycles. The van der Waals surface area contributed by atoms with Crippen LogP contribution in [0.4, 0.5) is 13.2 Å². The molecule has 0 amide bonds. The third kappa shape index (κ3) is 2.86. The standard InChI is InChI=1S/C24H13F3O2/c25-24(26,27)18-10-6-17(7-11-18)23(28)29-20-13-9-16-5-4-14-2-1-3-15-8-12-19(20)22(16)21(14)15/h1-13H. The van der Waals surface area contributed by atoms with E-state index in [0.29, 0.717) is 5.75 Å². The number of benzene rings is 5. The molecule has 2 nitrogen and oxygen atoms in total. The Kier molecular flexibility index (Phi) is 3.74. The number of hydrogen-bond donors (Lipinski definition) is 0. The Morgan fingerprint density at radius 3 is 1.93 bits per heavy atom. The zero-order valence-corrected chi connectivity index (χ0v) is 15.0. The van der Waals surface area contributed by atoms with Crippen LogP contribution < -0.4 is 4.74 Å². The number of ether oxygens (including phenoxy) is 1. The maximum Gasteiger partial charge on any atom is 0.416 e. The monoisotopic (exact) mass is 390 g/mol. The summed E-state index contributed by atoms with van der Waals surface area (Å²) in [5.41, 5.74) is -0.750. The molecule has 0 bridgehead atoms. The van der Waals surface area contributed by atoms with Crippen LogP contribution in [0.25, 0.3) is 32.3 Å². The number of alkyl halides is 3. The summed E-state index contributed by atoms with van der Waals surface area (Å²) in [6.07, 6.45) is -4.45. The number of carbonyl (C=O) groups is 1. The van der Waals surface area contributed by atoms with E-state index in [2.05, 4.69) is 6.07 Å². The second-order valence-electron chi connectivity index (χ2n) is 6.88. The Balaban J connectivity index is 1.57. The fourth-order valence-corrected chi connectivity index (χ4v) is 3.75. The molecule has 0 aliphatic carbocycles. The molecule has 0 saturated carbocycles. The lowest BCUT2D eigenvalue weighted by Gasteiger charge is -2.14. The lowest BCUT2D eigenvalue weighted by atomic mass is 9.94. The van der Waals surface area contributed by atoms with Gasteiger partial charge in [-0.2, -0.15) is 13.2 Å². The van der Waals surface area contributed by atoms with E-state index in [9.17, 15) is 18.0 Å². The molecular formula is C24H13F3O2. The van der Waals surface area contributed by atoms with Crippen molar-refractivity contribution in [3.63, 3.8) is 0 Å². The average Bonchev–Trinajstić information content (AvgIpc) is 2.72. The van der Waals surface area contributed by atoms with E-state index in [1.165, 1.54) is 0 Å². The molecular weight excluding hydrogens is 377 g/mol. The number of carbonyl (C=O) groups excluding carboxylic acids is 1. The largest absolute Gasteiger partial charge is 0.422 e. The molecule has 0 atom stereocenters. The maximum atomic E-state index is 12.7. The van der Waals surface area contributed by atoms with Gasteiger partial charge in [-0.05, 0) is 57.9 Å². The Morgan fingerprint density at radius 1 is 0.690 bits per heavy atom. The molecule has 0 aliphatic rings. The Morgan fingerprint density at radius 2 is 1.28 bits per heavy atom. The second kappa shape index (κ2) is 6.21. The summed E-state index contributed by atoms with van der Waals surface area (Å²) in [6.45, 7) is 0. The molecule has 0 N–H and O–H groups in total. The Hall–Kier alpha value is -3.60. The lowest BCUT2D eigenvalue weighted by molar-refractivity contribution is -0.137. The van der Waals surface area contributed by atoms with Gasteiger partial charge in [-0.25, -0.2) is 4.79 Å². The summed E-state index contributed by atoms with van der Waals surface area (Å²) in [5.74, 6) is -0.325. The third-order valence-corrected chi connectivity index (χ3v) is 5.14. The molecule has 0 saturated heterocycles. The van der Waals surface area contributed by atoms with Crippen LogP contribution in [0, 0.1) is 0 Å². The predicted octanol–water partition coefficient (Wildman–Crippen LogP) is 6.82. The Labute approximate surface area is 163 Å². The van der Waals surface area contributed by atoms with Crippen LogP contribution in [0.2, 0.25) is 0 Å². The summed E-state index contributed by atoms with van der Waals surface area (Å²) < 4.78 is 43.7. The minimum atomic E-state index is -4.45. The molecule has 0 aromatic heterocycles. The fraction of sp³-hybridized carbons (Fsp3) is 0.0417. The van der Waals surface area contributed by atoms with Crippen molar-refractivity contribution in [3.8, 4) is 5.75 Å². The first-order valence-corrected chi connectivity index (χ1v) is 8.98. The highest BCUT2D eigenvalue weighted by molar-refractivity contribution is 6.24. The van der Waals surface area contributed by atoms with Gasteiger partial charge in [0.1, 0.15) is 5.75 Å². The van der Waals surface area contributed by atoms with Crippen molar-refractivity contribution in [3.05, 3.63) is 90.0 Å². The molecule has 29 heavy (non-hydrogen) atoms. The van der Waals surface area contributed by atoms with Crippen molar-refractivity contribution in [2.75, 3.05) is 0 Å². The molecule has 5 rings (SSSR count). The lowest BCUT2D eigenvalue weighted by Crippen LogP contribution is -2.10. The van der Waals surface area contributed by atoms with Crippen molar-refractivity contribution in [2.24, 2.45) is 0 Å². The van der Waals surface area contributed by atoms with Crippen LogP contribution in [0.15, 0.2) is 78.9 Å². The van der Waals surface area contributed by atoms with Crippen LogP contribution in [0.1, 0.15) is 15.9 Å². The van der Waals surface area contributed by atoms with Gasteiger partial charge in [-0.3, -0.25) is 0 Å². The fourth-order valence-electron chi connectivity index (χ4n) is 3.75. The predicted molar refractivity (Wildman–Crippen MR) is 107 cm³/mol. The smallest absolute Gasteiger partial charge is 0.416 e. The summed E-state index contributed by atoms with van der Waals surface area (Å²) in [6, 6.07) is 21.6. The molecule has 142 valence electrons. The molecule has 5 aromatic rings. The van der Waals surface area contributed by atoms with Gasteiger partial charge in [0.05, 0.1) is 11.1 Å². The highest BCUT2D eigenvalue weighted by Crippen LogP contribution is 2.38. The first-order valence-electron chi connectivity index (χ1n) is 8.98. The van der Waals surface area contributed by atoms with E-state index >= 15 is 0 Å². The zero-order valence-electron chi connectivity index (χ0n) is 15.0. The molecule has 0 radical (unpaired) electrons. The first-order chi connectivity index (χ1) is 13.9. The number of rotatable bonds is 2. The van der Waals surface area contributed by atoms with Crippen molar-refractivity contribution < 1.29 is 22.7 Å². The van der Waals surface area contributed by atoms with Gasteiger partial charge in [0.15, 0.2) is 0 Å². The molecule has 0 fully saturated rings. The van der Waals surface area contributed by atoms with Gasteiger partial charge in [0.2, 0.25) is 0 Å². The van der Waals surface area contributed by atoms with E-state index in [-0.39, 0.29) is 5.56 Å². The summed E-state index contributed by atoms with van der Waals surface area (Å²) >= 11 is 0. The molecule has 0 spiro atoms. The highest BCUT2D eigenvalue weighted by Gasteiger charge is 2.30. The van der Waals surface area contributed by atoms with Crippen LogP contribution >= 0.6 is 0 Å². The quantitative estimate of drug-likeness (QED) is 0.188. The number of hydrogen-bond acceptors (Lipinski definition) is 2.